The minimum atomic E-state index is -0.706. The fourth-order valence-corrected chi connectivity index (χ4v) is 4.87. The van der Waals surface area contributed by atoms with Crippen molar-refractivity contribution in [3.05, 3.63) is 17.5 Å². The lowest BCUT2D eigenvalue weighted by Gasteiger charge is -2.47. The Labute approximate surface area is 151 Å². The van der Waals surface area contributed by atoms with Crippen LogP contribution in [0.5, 0.6) is 0 Å². The Morgan fingerprint density at radius 2 is 1.96 bits per heavy atom. The van der Waals surface area contributed by atoms with Gasteiger partial charge in [-0.05, 0) is 69.0 Å². The largest absolute Gasteiger partial charge is 0.481 e. The number of aliphatic carboxylic acids is 1. The Hall–Kier alpha value is -1.82. The van der Waals surface area contributed by atoms with Crippen molar-refractivity contribution < 1.29 is 9.90 Å². The molecule has 6 nitrogen and oxygen atoms in total. The van der Waals surface area contributed by atoms with Crippen LogP contribution in [0.2, 0.25) is 5.28 Å². The summed E-state index contributed by atoms with van der Waals surface area (Å²) in [6.07, 6.45) is 6.18. The van der Waals surface area contributed by atoms with Crippen molar-refractivity contribution in [2.75, 3.05) is 5.32 Å². The molecule has 3 saturated carbocycles. The number of carboxylic acids is 1. The van der Waals surface area contributed by atoms with Gasteiger partial charge in [0.15, 0.2) is 0 Å². The summed E-state index contributed by atoms with van der Waals surface area (Å²) in [5.41, 5.74) is 0.783. The monoisotopic (exact) mass is 362 g/mol. The number of carbonyl (C=O) groups is 1. The maximum absolute atomic E-state index is 11.9. The number of aromatic nitrogens is 3. The lowest BCUT2D eigenvalue weighted by atomic mass is 9.61. The Kier molecular flexibility index (Phi) is 4.10. The first kappa shape index (κ1) is 16.6. The van der Waals surface area contributed by atoms with Crippen LogP contribution in [0.1, 0.15) is 45.6 Å². The predicted octanol–water partition coefficient (Wildman–Crippen LogP) is 3.97. The SMILES string of the molecule is CC(C)n1ccc2c(NC3C4CCC(CC4)C3C(=O)O)nc(Cl)nc21. The lowest BCUT2D eigenvalue weighted by Crippen LogP contribution is -2.51. The molecule has 2 bridgehead atoms. The molecule has 0 spiro atoms. The van der Waals surface area contributed by atoms with Crippen LogP contribution >= 0.6 is 11.6 Å². The van der Waals surface area contributed by atoms with E-state index in [9.17, 15) is 9.90 Å². The van der Waals surface area contributed by atoms with E-state index in [1.165, 1.54) is 0 Å². The quantitative estimate of drug-likeness (QED) is 0.804. The highest BCUT2D eigenvalue weighted by Crippen LogP contribution is 2.46. The molecule has 2 aromatic heterocycles. The summed E-state index contributed by atoms with van der Waals surface area (Å²) < 4.78 is 2.05. The van der Waals surface area contributed by atoms with Gasteiger partial charge in [-0.3, -0.25) is 4.79 Å². The Morgan fingerprint density at radius 1 is 1.28 bits per heavy atom. The fraction of sp³-hybridized carbons (Fsp3) is 0.611. The normalized spacial score (nSPS) is 28.6. The second kappa shape index (κ2) is 6.16. The van der Waals surface area contributed by atoms with E-state index in [4.69, 9.17) is 11.6 Å². The molecule has 2 heterocycles. The highest BCUT2D eigenvalue weighted by atomic mass is 35.5. The first-order valence-electron chi connectivity index (χ1n) is 8.99. The molecule has 0 aliphatic heterocycles. The maximum Gasteiger partial charge on any atom is 0.308 e. The number of halogens is 1. The molecule has 3 fully saturated rings. The van der Waals surface area contributed by atoms with E-state index in [2.05, 4.69) is 33.7 Å². The zero-order valence-electron chi connectivity index (χ0n) is 14.4. The van der Waals surface area contributed by atoms with E-state index < -0.39 is 5.97 Å². The van der Waals surface area contributed by atoms with Crippen LogP contribution in [0.3, 0.4) is 0 Å². The van der Waals surface area contributed by atoms with Crippen LogP contribution < -0.4 is 5.32 Å². The second-order valence-corrected chi connectivity index (χ2v) is 7.94. The molecule has 0 amide bonds. The summed E-state index contributed by atoms with van der Waals surface area (Å²) in [5, 5.41) is 14.3. The number of carboxylic acid groups (broad SMARTS) is 1. The molecule has 134 valence electrons. The van der Waals surface area contributed by atoms with Gasteiger partial charge >= 0.3 is 5.97 Å². The zero-order valence-corrected chi connectivity index (χ0v) is 15.2. The van der Waals surface area contributed by atoms with Gasteiger partial charge in [0.05, 0.1) is 11.3 Å². The van der Waals surface area contributed by atoms with Crippen molar-refractivity contribution in [3.63, 3.8) is 0 Å². The van der Waals surface area contributed by atoms with Gasteiger partial charge in [-0.15, -0.1) is 0 Å². The number of hydrogen-bond donors (Lipinski definition) is 2. The summed E-state index contributed by atoms with van der Waals surface area (Å²) in [5.74, 6) is 0.222. The first-order chi connectivity index (χ1) is 12.0. The van der Waals surface area contributed by atoms with Gasteiger partial charge in [-0.2, -0.15) is 4.98 Å². The van der Waals surface area contributed by atoms with Crippen LogP contribution in [0.15, 0.2) is 12.3 Å². The molecule has 25 heavy (non-hydrogen) atoms. The smallest absolute Gasteiger partial charge is 0.308 e. The van der Waals surface area contributed by atoms with Crippen LogP contribution in [0, 0.1) is 17.8 Å². The fourth-order valence-electron chi connectivity index (χ4n) is 4.70. The Balaban J connectivity index is 1.74. The molecule has 2 N–H and O–H groups in total. The molecule has 2 atom stereocenters. The van der Waals surface area contributed by atoms with Crippen molar-refractivity contribution in [1.82, 2.24) is 14.5 Å². The number of anilines is 1. The number of rotatable bonds is 4. The van der Waals surface area contributed by atoms with Gasteiger partial charge in [0.25, 0.3) is 0 Å². The molecule has 0 aromatic carbocycles. The standard InChI is InChI=1S/C18H23ClN4O2/c1-9(2)23-8-7-12-15(21-18(19)22-16(12)23)20-14-11-5-3-10(4-6-11)13(14)17(24)25/h7-11,13-14H,3-6H2,1-2H3,(H,24,25)(H,20,21,22). The molecule has 3 aliphatic rings. The minimum absolute atomic E-state index is 0.0958. The predicted molar refractivity (Wildman–Crippen MR) is 96.9 cm³/mol. The van der Waals surface area contributed by atoms with Crippen LogP contribution in [-0.4, -0.2) is 31.7 Å². The number of hydrogen-bond acceptors (Lipinski definition) is 4. The highest BCUT2D eigenvalue weighted by molar-refractivity contribution is 6.28. The molecular formula is C18H23ClN4O2. The minimum Gasteiger partial charge on any atom is -0.481 e. The van der Waals surface area contributed by atoms with Crippen molar-refractivity contribution >= 4 is 34.4 Å². The summed E-state index contributed by atoms with van der Waals surface area (Å²) >= 11 is 6.16. The van der Waals surface area contributed by atoms with Crippen molar-refractivity contribution in [3.8, 4) is 0 Å². The summed E-state index contributed by atoms with van der Waals surface area (Å²) in [6, 6.07) is 2.14. The molecule has 5 rings (SSSR count). The van der Waals surface area contributed by atoms with Crippen LogP contribution in [0.25, 0.3) is 11.0 Å². The summed E-state index contributed by atoms with van der Waals surface area (Å²) in [6.45, 7) is 4.17. The molecular weight excluding hydrogens is 340 g/mol. The lowest BCUT2D eigenvalue weighted by molar-refractivity contribution is -0.148. The molecule has 0 saturated heterocycles. The summed E-state index contributed by atoms with van der Waals surface area (Å²) in [4.78, 5) is 20.6. The van der Waals surface area contributed by atoms with Gasteiger partial charge in [0.1, 0.15) is 11.5 Å². The van der Waals surface area contributed by atoms with Crippen LogP contribution in [0.4, 0.5) is 5.82 Å². The van der Waals surface area contributed by atoms with E-state index in [-0.39, 0.29) is 29.2 Å². The number of nitrogens with zero attached hydrogens (tertiary/aromatic N) is 3. The third-order valence-corrected chi connectivity index (χ3v) is 6.08. The van der Waals surface area contributed by atoms with Gasteiger partial charge in [-0.25, -0.2) is 4.98 Å². The number of fused-ring (bicyclic) bond motifs is 4. The Morgan fingerprint density at radius 3 is 2.60 bits per heavy atom. The van der Waals surface area contributed by atoms with Crippen molar-refractivity contribution in [2.45, 2.75) is 51.6 Å². The van der Waals surface area contributed by atoms with E-state index in [1.54, 1.807) is 0 Å². The van der Waals surface area contributed by atoms with Gasteiger partial charge < -0.3 is 15.0 Å². The van der Waals surface area contributed by atoms with E-state index >= 15 is 0 Å². The summed E-state index contributed by atoms with van der Waals surface area (Å²) in [7, 11) is 0. The molecule has 0 radical (unpaired) electrons. The average molecular weight is 363 g/mol. The highest BCUT2D eigenvalue weighted by Gasteiger charge is 2.47. The zero-order chi connectivity index (χ0) is 17.7. The first-order valence-corrected chi connectivity index (χ1v) is 9.37. The second-order valence-electron chi connectivity index (χ2n) is 7.60. The van der Waals surface area contributed by atoms with Crippen molar-refractivity contribution in [2.24, 2.45) is 17.8 Å². The average Bonchev–Trinajstić information content (AvgIpc) is 2.99. The van der Waals surface area contributed by atoms with Gasteiger partial charge in [-0.1, -0.05) is 0 Å². The Bertz CT molecular complexity index is 811. The maximum atomic E-state index is 11.9. The van der Waals surface area contributed by atoms with Crippen LogP contribution in [-0.2, 0) is 4.79 Å². The van der Waals surface area contributed by atoms with E-state index in [1.807, 2.05) is 12.3 Å². The topological polar surface area (TPSA) is 80.0 Å². The van der Waals surface area contributed by atoms with Crippen molar-refractivity contribution in [1.29, 1.82) is 0 Å². The number of nitrogens with one attached hydrogen (secondary N) is 1. The van der Waals surface area contributed by atoms with E-state index in [0.29, 0.717) is 11.7 Å². The molecule has 2 aromatic rings. The van der Waals surface area contributed by atoms with E-state index in [0.717, 1.165) is 36.7 Å². The third-order valence-electron chi connectivity index (χ3n) is 5.91. The third kappa shape index (κ3) is 2.76. The van der Waals surface area contributed by atoms with Gasteiger partial charge in [0.2, 0.25) is 5.28 Å². The molecule has 3 aliphatic carbocycles. The molecule has 7 heteroatoms. The molecule has 2 unspecified atom stereocenters. The van der Waals surface area contributed by atoms with Gasteiger partial charge in [0, 0.05) is 18.3 Å².